The molecule has 3 nitrogen and oxygen atoms in total. The molecule has 0 aromatic heterocycles. The minimum absolute atomic E-state index is 0.182. The van der Waals surface area contributed by atoms with Crippen molar-refractivity contribution in [2.75, 3.05) is 31.6 Å². The van der Waals surface area contributed by atoms with Gasteiger partial charge in [0.15, 0.2) is 0 Å². The second kappa shape index (κ2) is 6.23. The predicted molar refractivity (Wildman–Crippen MR) is 86.1 cm³/mol. The minimum atomic E-state index is 0.182. The Morgan fingerprint density at radius 3 is 2.80 bits per heavy atom. The van der Waals surface area contributed by atoms with E-state index in [1.54, 1.807) is 7.11 Å². The molecule has 0 radical (unpaired) electrons. The third-order valence-electron chi connectivity index (χ3n) is 3.69. The van der Waals surface area contributed by atoms with Crippen molar-refractivity contribution in [3.63, 3.8) is 0 Å². The van der Waals surface area contributed by atoms with Crippen LogP contribution in [0.15, 0.2) is 18.2 Å². The monoisotopic (exact) mass is 296 g/mol. The van der Waals surface area contributed by atoms with Gasteiger partial charge in [-0.25, -0.2) is 0 Å². The Morgan fingerprint density at radius 1 is 1.40 bits per heavy atom. The minimum Gasteiger partial charge on any atom is -0.495 e. The van der Waals surface area contributed by atoms with E-state index in [1.165, 1.54) is 6.42 Å². The number of rotatable bonds is 4. The molecule has 112 valence electrons. The highest BCUT2D eigenvalue weighted by atomic mass is 35.5. The first-order chi connectivity index (χ1) is 9.39. The standard InChI is InChI=1S/C16H25ClN2O/c1-16(2,3)18-10-12-7-8-19(11-12)14-9-13(17)5-6-15(14)20-4/h5-6,9,12,18H,7-8,10-11H2,1-4H3. The number of benzene rings is 1. The summed E-state index contributed by atoms with van der Waals surface area (Å²) < 4.78 is 5.45. The zero-order valence-electron chi connectivity index (χ0n) is 12.9. The Hall–Kier alpha value is -0.930. The van der Waals surface area contributed by atoms with Crippen LogP contribution in [-0.2, 0) is 0 Å². The average molecular weight is 297 g/mol. The summed E-state index contributed by atoms with van der Waals surface area (Å²) in [4.78, 5) is 2.37. The van der Waals surface area contributed by atoms with Gasteiger partial charge in [0.1, 0.15) is 5.75 Å². The quantitative estimate of drug-likeness (QED) is 0.919. The van der Waals surface area contributed by atoms with E-state index >= 15 is 0 Å². The van der Waals surface area contributed by atoms with Crippen molar-refractivity contribution in [2.45, 2.75) is 32.7 Å². The molecule has 0 aliphatic carbocycles. The van der Waals surface area contributed by atoms with E-state index in [1.807, 2.05) is 18.2 Å². The largest absolute Gasteiger partial charge is 0.495 e. The molecule has 2 rings (SSSR count). The molecule has 1 heterocycles. The lowest BCUT2D eigenvalue weighted by atomic mass is 10.1. The topological polar surface area (TPSA) is 24.5 Å². The average Bonchev–Trinajstić information content (AvgIpc) is 2.84. The summed E-state index contributed by atoms with van der Waals surface area (Å²) in [6.07, 6.45) is 1.21. The summed E-state index contributed by atoms with van der Waals surface area (Å²) in [5.41, 5.74) is 1.29. The first kappa shape index (κ1) is 15.5. The van der Waals surface area contributed by atoms with Crippen molar-refractivity contribution in [3.8, 4) is 5.75 Å². The molecule has 1 aliphatic heterocycles. The fourth-order valence-corrected chi connectivity index (χ4v) is 2.75. The summed E-state index contributed by atoms with van der Waals surface area (Å²) in [5.74, 6) is 1.58. The van der Waals surface area contributed by atoms with Gasteiger partial charge in [0.2, 0.25) is 0 Å². The lowest BCUT2D eigenvalue weighted by molar-refractivity contribution is 0.383. The van der Waals surface area contributed by atoms with Crippen LogP contribution in [0, 0.1) is 5.92 Å². The van der Waals surface area contributed by atoms with Crippen molar-refractivity contribution in [1.82, 2.24) is 5.32 Å². The molecule has 20 heavy (non-hydrogen) atoms. The van der Waals surface area contributed by atoms with Gasteiger partial charge in [-0.15, -0.1) is 0 Å². The van der Waals surface area contributed by atoms with Gasteiger partial charge in [-0.3, -0.25) is 0 Å². The van der Waals surface area contributed by atoms with Crippen LogP contribution in [0.1, 0.15) is 27.2 Å². The van der Waals surface area contributed by atoms with Crippen LogP contribution in [0.4, 0.5) is 5.69 Å². The van der Waals surface area contributed by atoms with E-state index in [9.17, 15) is 0 Å². The number of nitrogens with one attached hydrogen (secondary N) is 1. The molecular formula is C16H25ClN2O. The summed E-state index contributed by atoms with van der Waals surface area (Å²) in [6, 6.07) is 5.82. The van der Waals surface area contributed by atoms with Crippen LogP contribution < -0.4 is 15.0 Å². The second-order valence-corrected chi connectivity index (χ2v) is 6.98. The van der Waals surface area contributed by atoms with Gasteiger partial charge in [0, 0.05) is 30.2 Å². The SMILES string of the molecule is COc1ccc(Cl)cc1N1CCC(CNC(C)(C)C)C1. The molecule has 1 fully saturated rings. The van der Waals surface area contributed by atoms with Gasteiger partial charge in [-0.2, -0.15) is 0 Å². The van der Waals surface area contributed by atoms with Crippen molar-refractivity contribution >= 4 is 17.3 Å². The second-order valence-electron chi connectivity index (χ2n) is 6.55. The lowest BCUT2D eigenvalue weighted by Crippen LogP contribution is -2.39. The van der Waals surface area contributed by atoms with Crippen molar-refractivity contribution < 1.29 is 4.74 Å². The van der Waals surface area contributed by atoms with Gasteiger partial charge in [0.25, 0.3) is 0 Å². The zero-order chi connectivity index (χ0) is 14.8. The van der Waals surface area contributed by atoms with Crippen molar-refractivity contribution in [2.24, 2.45) is 5.92 Å². The predicted octanol–water partition coefficient (Wildman–Crippen LogP) is 3.56. The number of anilines is 1. The fraction of sp³-hybridized carbons (Fsp3) is 0.625. The molecule has 4 heteroatoms. The summed E-state index contributed by atoms with van der Waals surface area (Å²) in [7, 11) is 1.71. The third kappa shape index (κ3) is 4.03. The highest BCUT2D eigenvalue weighted by Gasteiger charge is 2.25. The highest BCUT2D eigenvalue weighted by Crippen LogP contribution is 2.34. The Balaban J connectivity index is 2.00. The maximum Gasteiger partial charge on any atom is 0.142 e. The van der Waals surface area contributed by atoms with Crippen molar-refractivity contribution in [3.05, 3.63) is 23.2 Å². The van der Waals surface area contributed by atoms with E-state index < -0.39 is 0 Å². The van der Waals surface area contributed by atoms with Crippen LogP contribution in [0.5, 0.6) is 5.75 Å². The normalized spacial score (nSPS) is 19.4. The van der Waals surface area contributed by atoms with Crippen LogP contribution in [-0.4, -0.2) is 32.3 Å². The molecule has 1 saturated heterocycles. The molecule has 1 N–H and O–H groups in total. The fourth-order valence-electron chi connectivity index (χ4n) is 2.58. The summed E-state index contributed by atoms with van der Waals surface area (Å²) in [6.45, 7) is 9.80. The van der Waals surface area contributed by atoms with Crippen LogP contribution in [0.3, 0.4) is 0 Å². The summed E-state index contributed by atoms with van der Waals surface area (Å²) in [5, 5.41) is 4.35. The maximum atomic E-state index is 6.12. The molecule has 0 saturated carbocycles. The van der Waals surface area contributed by atoms with Gasteiger partial charge in [-0.1, -0.05) is 11.6 Å². The third-order valence-corrected chi connectivity index (χ3v) is 3.92. The first-order valence-corrected chi connectivity index (χ1v) is 7.60. The van der Waals surface area contributed by atoms with E-state index in [2.05, 4.69) is 31.0 Å². The maximum absolute atomic E-state index is 6.12. The molecule has 1 unspecified atom stereocenters. The molecular weight excluding hydrogens is 272 g/mol. The molecule has 1 aromatic rings. The van der Waals surface area contributed by atoms with E-state index in [-0.39, 0.29) is 5.54 Å². The molecule has 0 amide bonds. The van der Waals surface area contributed by atoms with E-state index in [0.717, 1.165) is 36.1 Å². The molecule has 0 spiro atoms. The van der Waals surface area contributed by atoms with Gasteiger partial charge in [0.05, 0.1) is 12.8 Å². The Labute approximate surface area is 127 Å². The lowest BCUT2D eigenvalue weighted by Gasteiger charge is -2.24. The number of halogens is 1. The number of ether oxygens (including phenoxy) is 1. The number of hydrogen-bond donors (Lipinski definition) is 1. The summed E-state index contributed by atoms with van der Waals surface area (Å²) >= 11 is 6.12. The molecule has 1 aliphatic rings. The molecule has 1 aromatic carbocycles. The van der Waals surface area contributed by atoms with Crippen LogP contribution >= 0.6 is 11.6 Å². The zero-order valence-corrected chi connectivity index (χ0v) is 13.6. The van der Waals surface area contributed by atoms with E-state index in [4.69, 9.17) is 16.3 Å². The first-order valence-electron chi connectivity index (χ1n) is 7.22. The van der Waals surface area contributed by atoms with Gasteiger partial charge in [-0.05, 0) is 51.3 Å². The number of methoxy groups -OCH3 is 1. The highest BCUT2D eigenvalue weighted by molar-refractivity contribution is 6.30. The smallest absolute Gasteiger partial charge is 0.142 e. The number of hydrogen-bond acceptors (Lipinski definition) is 3. The molecule has 1 atom stereocenters. The van der Waals surface area contributed by atoms with E-state index in [0.29, 0.717) is 5.92 Å². The molecule has 0 bridgehead atoms. The van der Waals surface area contributed by atoms with Gasteiger partial charge < -0.3 is 15.0 Å². The van der Waals surface area contributed by atoms with Gasteiger partial charge >= 0.3 is 0 Å². The van der Waals surface area contributed by atoms with Crippen LogP contribution in [0.2, 0.25) is 5.02 Å². The van der Waals surface area contributed by atoms with Crippen LogP contribution in [0.25, 0.3) is 0 Å². The van der Waals surface area contributed by atoms with Crippen molar-refractivity contribution in [1.29, 1.82) is 0 Å². The Bertz CT molecular complexity index is 456. The Morgan fingerprint density at radius 2 is 2.15 bits per heavy atom. The number of nitrogens with zero attached hydrogens (tertiary/aromatic N) is 1. The Kier molecular flexibility index (Phi) is 4.82.